The molecule has 0 unspecified atom stereocenters. The number of imide groups is 1. The highest BCUT2D eigenvalue weighted by Crippen LogP contribution is 2.30. The van der Waals surface area contributed by atoms with E-state index in [4.69, 9.17) is 4.74 Å². The van der Waals surface area contributed by atoms with E-state index in [-0.39, 0.29) is 18.0 Å². The molecule has 1 aromatic rings. The highest BCUT2D eigenvalue weighted by Gasteiger charge is 2.34. The number of benzene rings is 1. The van der Waals surface area contributed by atoms with Gasteiger partial charge in [0.15, 0.2) is 0 Å². The molecule has 5 heteroatoms. The molecule has 3 rings (SSSR count). The van der Waals surface area contributed by atoms with Gasteiger partial charge in [-0.15, -0.1) is 0 Å². The van der Waals surface area contributed by atoms with Gasteiger partial charge in [-0.2, -0.15) is 5.26 Å². The van der Waals surface area contributed by atoms with Crippen LogP contribution in [0.5, 0.6) is 5.75 Å². The fourth-order valence-corrected chi connectivity index (χ4v) is 2.82. The molecule has 0 N–H and O–H groups in total. The molecule has 0 saturated heterocycles. The normalized spacial score (nSPS) is 19.0. The van der Waals surface area contributed by atoms with E-state index in [1.165, 1.54) is 0 Å². The largest absolute Gasteiger partial charge is 0.488 e. The van der Waals surface area contributed by atoms with Crippen LogP contribution < -0.4 is 4.74 Å². The van der Waals surface area contributed by atoms with E-state index >= 15 is 0 Å². The lowest BCUT2D eigenvalue weighted by Crippen LogP contribution is -2.42. The van der Waals surface area contributed by atoms with Gasteiger partial charge in [0.05, 0.1) is 0 Å². The second-order valence-electron chi connectivity index (χ2n) is 5.57. The summed E-state index contributed by atoms with van der Waals surface area (Å²) >= 11 is 0. The molecule has 2 heterocycles. The number of nitrogens with zero attached hydrogens (tertiary/aromatic N) is 2. The average molecular weight is 320 g/mol. The zero-order chi connectivity index (χ0) is 17.3. The fourth-order valence-electron chi connectivity index (χ4n) is 2.82. The molecule has 2 amide bonds. The number of amides is 2. The molecule has 0 aliphatic carbocycles. The van der Waals surface area contributed by atoms with E-state index in [0.717, 1.165) is 21.8 Å². The number of hydrogen-bond acceptors (Lipinski definition) is 4. The van der Waals surface area contributed by atoms with E-state index in [2.05, 4.69) is 0 Å². The monoisotopic (exact) mass is 320 g/mol. The average Bonchev–Trinajstić information content (AvgIpc) is 2.59. The number of likely N-dealkylation sites (N-methyl/N-ethyl adjacent to an activating group) is 1. The van der Waals surface area contributed by atoms with Crippen molar-refractivity contribution in [1.82, 2.24) is 4.90 Å². The van der Waals surface area contributed by atoms with Crippen LogP contribution in [0.4, 0.5) is 0 Å². The number of rotatable bonds is 2. The van der Waals surface area contributed by atoms with Crippen LogP contribution in [-0.4, -0.2) is 29.9 Å². The molecular formula is C19H16N2O3. The Hall–Kier alpha value is -3.13. The van der Waals surface area contributed by atoms with Crippen LogP contribution in [-0.2, 0) is 9.59 Å². The first-order chi connectivity index (χ1) is 11.6. The number of hydrogen-bond donors (Lipinski definition) is 0. The Bertz CT molecular complexity index is 869. The molecule has 0 radical (unpaired) electrons. The van der Waals surface area contributed by atoms with Crippen LogP contribution in [0.15, 0.2) is 52.6 Å². The first-order valence-corrected chi connectivity index (χ1v) is 7.68. The summed E-state index contributed by atoms with van der Waals surface area (Å²) in [4.78, 5) is 25.8. The smallest absolute Gasteiger partial charge is 0.271 e. The molecule has 24 heavy (non-hydrogen) atoms. The van der Waals surface area contributed by atoms with Crippen molar-refractivity contribution in [1.29, 1.82) is 5.26 Å². The zero-order valence-corrected chi connectivity index (χ0v) is 13.5. The zero-order valence-electron chi connectivity index (χ0n) is 13.5. The molecule has 5 nitrogen and oxygen atoms in total. The fraction of sp³-hybridized carbons (Fsp3) is 0.211. The third-order valence-corrected chi connectivity index (χ3v) is 4.13. The van der Waals surface area contributed by atoms with Crippen molar-refractivity contribution in [2.45, 2.75) is 13.8 Å². The summed E-state index contributed by atoms with van der Waals surface area (Å²) < 4.78 is 5.69. The summed E-state index contributed by atoms with van der Waals surface area (Å²) in [6.07, 6.45) is 3.66. The molecule has 0 bridgehead atoms. The quantitative estimate of drug-likeness (QED) is 0.620. The van der Waals surface area contributed by atoms with Gasteiger partial charge in [0.2, 0.25) is 0 Å². The molecule has 2 aliphatic rings. The van der Waals surface area contributed by atoms with Crippen molar-refractivity contribution in [2.75, 3.05) is 13.2 Å². The Balaban J connectivity index is 2.08. The SMILES string of the molecule is CCN1C(=O)C(C#N)=C(C)/C(=C\C2=Cc3ccccc3OC2)C1=O. The number of carbonyl (C=O) groups excluding carboxylic acids is 2. The Morgan fingerprint density at radius 1 is 1.29 bits per heavy atom. The van der Waals surface area contributed by atoms with Crippen LogP contribution >= 0.6 is 0 Å². The Labute approximate surface area is 140 Å². The Morgan fingerprint density at radius 3 is 2.75 bits per heavy atom. The van der Waals surface area contributed by atoms with Gasteiger partial charge in [-0.1, -0.05) is 18.2 Å². The molecule has 2 aliphatic heterocycles. The van der Waals surface area contributed by atoms with Crippen LogP contribution in [0.25, 0.3) is 6.08 Å². The van der Waals surface area contributed by atoms with Crippen LogP contribution in [0.1, 0.15) is 19.4 Å². The predicted octanol–water partition coefficient (Wildman–Crippen LogP) is 2.62. The molecule has 0 saturated carbocycles. The number of carbonyl (C=O) groups is 2. The van der Waals surface area contributed by atoms with Crippen molar-refractivity contribution in [3.05, 3.63) is 58.2 Å². The van der Waals surface area contributed by atoms with E-state index in [9.17, 15) is 14.9 Å². The van der Waals surface area contributed by atoms with Gasteiger partial charge < -0.3 is 4.74 Å². The summed E-state index contributed by atoms with van der Waals surface area (Å²) in [6, 6.07) is 9.55. The van der Waals surface area contributed by atoms with E-state index in [0.29, 0.717) is 17.8 Å². The summed E-state index contributed by atoms with van der Waals surface area (Å²) in [5, 5.41) is 9.25. The lowest BCUT2D eigenvalue weighted by Gasteiger charge is -2.26. The molecule has 0 fully saturated rings. The molecule has 120 valence electrons. The number of nitriles is 1. The molecular weight excluding hydrogens is 304 g/mol. The summed E-state index contributed by atoms with van der Waals surface area (Å²) in [5.74, 6) is -0.109. The molecule has 0 spiro atoms. The van der Waals surface area contributed by atoms with Crippen molar-refractivity contribution in [2.24, 2.45) is 0 Å². The summed E-state index contributed by atoms with van der Waals surface area (Å²) in [5.41, 5.74) is 2.54. The van der Waals surface area contributed by atoms with Crippen LogP contribution in [0.3, 0.4) is 0 Å². The third kappa shape index (κ3) is 2.52. The van der Waals surface area contributed by atoms with Crippen molar-refractivity contribution >= 4 is 17.9 Å². The summed E-state index contributed by atoms with van der Waals surface area (Å²) in [6.45, 7) is 3.91. The van der Waals surface area contributed by atoms with Crippen molar-refractivity contribution < 1.29 is 14.3 Å². The lowest BCUT2D eigenvalue weighted by molar-refractivity contribution is -0.140. The lowest BCUT2D eigenvalue weighted by atomic mass is 9.93. The number of para-hydroxylation sites is 1. The second-order valence-corrected chi connectivity index (χ2v) is 5.57. The van der Waals surface area contributed by atoms with Gasteiger partial charge in [-0.05, 0) is 43.2 Å². The van der Waals surface area contributed by atoms with Crippen LogP contribution in [0.2, 0.25) is 0 Å². The Morgan fingerprint density at radius 2 is 2.04 bits per heavy atom. The second kappa shape index (κ2) is 6.17. The summed E-state index contributed by atoms with van der Waals surface area (Å²) in [7, 11) is 0. The maximum absolute atomic E-state index is 12.6. The Kier molecular flexibility index (Phi) is 4.05. The predicted molar refractivity (Wildman–Crippen MR) is 88.7 cm³/mol. The van der Waals surface area contributed by atoms with Gasteiger partial charge >= 0.3 is 0 Å². The van der Waals surface area contributed by atoms with E-state index in [1.807, 2.05) is 36.4 Å². The number of fused-ring (bicyclic) bond motifs is 1. The molecule has 0 aromatic heterocycles. The van der Waals surface area contributed by atoms with E-state index in [1.54, 1.807) is 19.9 Å². The van der Waals surface area contributed by atoms with Gasteiger partial charge in [0.25, 0.3) is 11.8 Å². The maximum Gasteiger partial charge on any atom is 0.271 e. The van der Waals surface area contributed by atoms with Gasteiger partial charge in [-0.25, -0.2) is 0 Å². The minimum Gasteiger partial charge on any atom is -0.488 e. The number of ether oxygens (including phenoxy) is 1. The van der Waals surface area contributed by atoms with Gasteiger partial charge in [0, 0.05) is 17.7 Å². The highest BCUT2D eigenvalue weighted by molar-refractivity contribution is 6.18. The van der Waals surface area contributed by atoms with Crippen molar-refractivity contribution in [3.8, 4) is 11.8 Å². The topological polar surface area (TPSA) is 70.4 Å². The first-order valence-electron chi connectivity index (χ1n) is 7.68. The van der Waals surface area contributed by atoms with Crippen molar-refractivity contribution in [3.63, 3.8) is 0 Å². The van der Waals surface area contributed by atoms with Gasteiger partial charge in [-0.3, -0.25) is 14.5 Å². The molecule has 0 atom stereocenters. The first kappa shape index (κ1) is 15.8. The van der Waals surface area contributed by atoms with Crippen LogP contribution in [0, 0.1) is 11.3 Å². The maximum atomic E-state index is 12.6. The van der Waals surface area contributed by atoms with E-state index < -0.39 is 5.91 Å². The minimum atomic E-state index is -0.529. The van der Waals surface area contributed by atoms with Gasteiger partial charge in [0.1, 0.15) is 24.0 Å². The third-order valence-electron chi connectivity index (χ3n) is 4.13. The standard InChI is InChI=1S/C19H16N2O3/c1-3-21-18(22)15(12(2)16(10-20)19(21)23)9-13-8-14-6-4-5-7-17(14)24-11-13/h4-9H,3,11H2,1-2H3/b15-9+. The minimum absolute atomic E-state index is 0.0143. The highest BCUT2D eigenvalue weighted by atomic mass is 16.5. The molecule has 1 aromatic carbocycles.